The van der Waals surface area contributed by atoms with Crippen LogP contribution in [0.25, 0.3) is 0 Å². The summed E-state index contributed by atoms with van der Waals surface area (Å²) in [6.07, 6.45) is 0.765. The first-order chi connectivity index (χ1) is 5.15. The third-order valence-corrected chi connectivity index (χ3v) is 3.33. The fourth-order valence-electron chi connectivity index (χ4n) is 1.41. The first-order valence-corrected chi connectivity index (χ1v) is 5.53. The SMILES string of the molecule is CC(C)N1C[C@@H](CI)CC1=O. The van der Waals surface area contributed by atoms with E-state index < -0.39 is 0 Å². The molecule has 1 amide bonds. The third-order valence-electron chi connectivity index (χ3n) is 2.08. The van der Waals surface area contributed by atoms with Crippen molar-refractivity contribution in [2.24, 2.45) is 5.92 Å². The van der Waals surface area contributed by atoms with Gasteiger partial charge in [0.2, 0.25) is 5.91 Å². The smallest absolute Gasteiger partial charge is 0.223 e. The standard InChI is InChI=1S/C8H14INO/c1-6(2)10-5-7(4-9)3-8(10)11/h6-7H,3-5H2,1-2H3/t7-/m1/s1. The molecule has 0 N–H and O–H groups in total. The molecule has 0 aliphatic carbocycles. The molecule has 1 atom stereocenters. The predicted molar refractivity (Wildman–Crippen MR) is 53.8 cm³/mol. The van der Waals surface area contributed by atoms with Gasteiger partial charge in [-0.2, -0.15) is 0 Å². The Morgan fingerprint density at radius 2 is 2.36 bits per heavy atom. The number of alkyl halides is 1. The highest BCUT2D eigenvalue weighted by atomic mass is 127. The second-order valence-corrected chi connectivity index (χ2v) is 4.25. The van der Waals surface area contributed by atoms with Gasteiger partial charge in [-0.15, -0.1) is 0 Å². The van der Waals surface area contributed by atoms with Crippen molar-refractivity contribution in [1.29, 1.82) is 0 Å². The summed E-state index contributed by atoms with van der Waals surface area (Å²) in [5, 5.41) is 0. The van der Waals surface area contributed by atoms with Crippen molar-refractivity contribution in [2.45, 2.75) is 26.3 Å². The van der Waals surface area contributed by atoms with E-state index in [2.05, 4.69) is 36.4 Å². The molecule has 11 heavy (non-hydrogen) atoms. The predicted octanol–water partition coefficient (Wildman–Crippen LogP) is 1.68. The summed E-state index contributed by atoms with van der Waals surface area (Å²) in [6, 6.07) is 0.385. The maximum Gasteiger partial charge on any atom is 0.223 e. The Bertz CT molecular complexity index is 158. The molecule has 1 aliphatic rings. The normalized spacial score (nSPS) is 25.3. The van der Waals surface area contributed by atoms with Gasteiger partial charge in [-0.3, -0.25) is 4.79 Å². The van der Waals surface area contributed by atoms with Crippen LogP contribution >= 0.6 is 22.6 Å². The molecule has 0 aromatic carbocycles. The minimum atomic E-state index is 0.335. The lowest BCUT2D eigenvalue weighted by molar-refractivity contribution is -0.129. The minimum Gasteiger partial charge on any atom is -0.340 e. The molecule has 1 aliphatic heterocycles. The minimum absolute atomic E-state index is 0.335. The Labute approximate surface area is 81.5 Å². The Kier molecular flexibility index (Phi) is 3.16. The maximum atomic E-state index is 11.3. The Hall–Kier alpha value is 0.200. The van der Waals surface area contributed by atoms with Gasteiger partial charge < -0.3 is 4.90 Å². The average Bonchev–Trinajstić information content (AvgIpc) is 2.30. The number of carbonyl (C=O) groups excluding carboxylic acids is 1. The molecule has 0 aromatic rings. The molecule has 0 aromatic heterocycles. The topological polar surface area (TPSA) is 20.3 Å². The van der Waals surface area contributed by atoms with E-state index in [0.717, 1.165) is 17.4 Å². The summed E-state index contributed by atoms with van der Waals surface area (Å²) in [7, 11) is 0. The van der Waals surface area contributed by atoms with Crippen LogP contribution in [-0.4, -0.2) is 27.8 Å². The van der Waals surface area contributed by atoms with Gasteiger partial charge in [-0.1, -0.05) is 22.6 Å². The molecular weight excluding hydrogens is 253 g/mol. The number of carbonyl (C=O) groups is 1. The van der Waals surface area contributed by atoms with Gasteiger partial charge in [-0.05, 0) is 19.8 Å². The van der Waals surface area contributed by atoms with E-state index in [9.17, 15) is 4.79 Å². The largest absolute Gasteiger partial charge is 0.340 e. The number of halogens is 1. The van der Waals surface area contributed by atoms with E-state index in [1.807, 2.05) is 4.90 Å². The molecular formula is C8H14INO. The number of amides is 1. The summed E-state index contributed by atoms with van der Waals surface area (Å²) in [5.74, 6) is 0.937. The molecule has 1 fully saturated rings. The van der Waals surface area contributed by atoms with Crippen molar-refractivity contribution in [3.63, 3.8) is 0 Å². The molecule has 0 bridgehead atoms. The van der Waals surface area contributed by atoms with Gasteiger partial charge >= 0.3 is 0 Å². The van der Waals surface area contributed by atoms with Crippen LogP contribution in [0.15, 0.2) is 0 Å². The second kappa shape index (κ2) is 3.74. The lowest BCUT2D eigenvalue weighted by Crippen LogP contribution is -2.32. The van der Waals surface area contributed by atoms with Crippen molar-refractivity contribution in [2.75, 3.05) is 11.0 Å². The third kappa shape index (κ3) is 2.07. The van der Waals surface area contributed by atoms with Crippen LogP contribution < -0.4 is 0 Å². The van der Waals surface area contributed by atoms with E-state index in [0.29, 0.717) is 17.9 Å². The van der Waals surface area contributed by atoms with Crippen LogP contribution in [-0.2, 0) is 4.79 Å². The summed E-state index contributed by atoms with van der Waals surface area (Å²) < 4.78 is 1.10. The lowest BCUT2D eigenvalue weighted by Gasteiger charge is -2.20. The maximum absolute atomic E-state index is 11.3. The highest BCUT2D eigenvalue weighted by Crippen LogP contribution is 2.21. The Morgan fingerprint density at radius 1 is 1.73 bits per heavy atom. The van der Waals surface area contributed by atoms with E-state index in [1.165, 1.54) is 0 Å². The molecule has 2 nitrogen and oxygen atoms in total. The van der Waals surface area contributed by atoms with Crippen LogP contribution in [0.4, 0.5) is 0 Å². The molecule has 0 radical (unpaired) electrons. The van der Waals surface area contributed by atoms with Gasteiger partial charge in [0.1, 0.15) is 0 Å². The Morgan fingerprint density at radius 3 is 2.64 bits per heavy atom. The molecule has 3 heteroatoms. The quantitative estimate of drug-likeness (QED) is 0.550. The summed E-state index contributed by atoms with van der Waals surface area (Å²) in [5.41, 5.74) is 0. The van der Waals surface area contributed by atoms with E-state index >= 15 is 0 Å². The first kappa shape index (κ1) is 9.29. The van der Waals surface area contributed by atoms with Gasteiger partial charge in [0.15, 0.2) is 0 Å². The van der Waals surface area contributed by atoms with E-state index in [1.54, 1.807) is 0 Å². The average molecular weight is 267 g/mol. The van der Waals surface area contributed by atoms with Crippen LogP contribution in [0.3, 0.4) is 0 Å². The molecule has 1 rings (SSSR count). The van der Waals surface area contributed by atoms with Crippen LogP contribution in [0, 0.1) is 5.92 Å². The van der Waals surface area contributed by atoms with Crippen LogP contribution in [0.2, 0.25) is 0 Å². The number of rotatable bonds is 2. The summed E-state index contributed by atoms with van der Waals surface area (Å²) >= 11 is 2.35. The molecule has 1 saturated heterocycles. The molecule has 0 spiro atoms. The van der Waals surface area contributed by atoms with Crippen molar-refractivity contribution in [3.8, 4) is 0 Å². The highest BCUT2D eigenvalue weighted by molar-refractivity contribution is 14.1. The van der Waals surface area contributed by atoms with Gasteiger partial charge in [0.25, 0.3) is 0 Å². The van der Waals surface area contributed by atoms with Crippen molar-refractivity contribution in [1.82, 2.24) is 4.90 Å². The zero-order valence-electron chi connectivity index (χ0n) is 7.01. The summed E-state index contributed by atoms with van der Waals surface area (Å²) in [6.45, 7) is 5.13. The van der Waals surface area contributed by atoms with Gasteiger partial charge in [-0.25, -0.2) is 0 Å². The molecule has 0 saturated carbocycles. The monoisotopic (exact) mass is 267 g/mol. The zero-order valence-corrected chi connectivity index (χ0v) is 9.17. The van der Waals surface area contributed by atoms with Gasteiger partial charge in [0, 0.05) is 23.4 Å². The van der Waals surface area contributed by atoms with Crippen molar-refractivity contribution >= 4 is 28.5 Å². The highest BCUT2D eigenvalue weighted by Gasteiger charge is 2.29. The van der Waals surface area contributed by atoms with Gasteiger partial charge in [0.05, 0.1) is 0 Å². The van der Waals surface area contributed by atoms with Crippen molar-refractivity contribution in [3.05, 3.63) is 0 Å². The lowest BCUT2D eigenvalue weighted by atomic mass is 10.2. The second-order valence-electron chi connectivity index (χ2n) is 3.36. The van der Waals surface area contributed by atoms with E-state index in [-0.39, 0.29) is 0 Å². The molecule has 1 heterocycles. The number of likely N-dealkylation sites (tertiary alicyclic amines) is 1. The van der Waals surface area contributed by atoms with Crippen LogP contribution in [0.5, 0.6) is 0 Å². The van der Waals surface area contributed by atoms with Crippen molar-refractivity contribution < 1.29 is 4.79 Å². The number of hydrogen-bond donors (Lipinski definition) is 0. The molecule has 64 valence electrons. The Balaban J connectivity index is 2.52. The fourth-order valence-corrected chi connectivity index (χ4v) is 2.00. The number of nitrogens with zero attached hydrogens (tertiary/aromatic N) is 1. The van der Waals surface area contributed by atoms with Crippen LogP contribution in [0.1, 0.15) is 20.3 Å². The van der Waals surface area contributed by atoms with E-state index in [4.69, 9.17) is 0 Å². The first-order valence-electron chi connectivity index (χ1n) is 4.00. The fraction of sp³-hybridized carbons (Fsp3) is 0.875. The molecule has 0 unspecified atom stereocenters. The number of hydrogen-bond acceptors (Lipinski definition) is 1. The summed E-state index contributed by atoms with van der Waals surface area (Å²) in [4.78, 5) is 13.3. The zero-order chi connectivity index (χ0) is 8.43.